The number of hydrogen-bond acceptors (Lipinski definition) is 3. The van der Waals surface area contributed by atoms with Crippen molar-refractivity contribution in [2.75, 3.05) is 6.61 Å². The van der Waals surface area contributed by atoms with Crippen LogP contribution in [-0.2, 0) is 11.2 Å². The Bertz CT molecular complexity index is 454. The molecule has 1 aromatic rings. The number of hydrogen-bond donors (Lipinski definition) is 2. The summed E-state index contributed by atoms with van der Waals surface area (Å²) in [5, 5.41) is 13.6. The summed E-state index contributed by atoms with van der Waals surface area (Å²) in [5.74, 6) is 0.377. The number of ether oxygens (including phenoxy) is 1. The monoisotopic (exact) mass is 275 g/mol. The number of phenols is 1. The molecule has 1 fully saturated rings. The minimum Gasteiger partial charge on any atom is -0.508 e. The molecule has 1 aliphatic heterocycles. The highest BCUT2D eigenvalue weighted by Gasteiger charge is 2.29. The third kappa shape index (κ3) is 2.84. The molecule has 3 nitrogen and oxygen atoms in total. The first-order chi connectivity index (χ1) is 9.78. The molecule has 3 atom stereocenters. The summed E-state index contributed by atoms with van der Waals surface area (Å²) in [5.41, 5.74) is 2.67. The second-order valence-corrected chi connectivity index (χ2v) is 6.06. The maximum absolute atomic E-state index is 9.76. The van der Waals surface area contributed by atoms with Crippen LogP contribution in [-0.4, -0.2) is 23.9 Å². The summed E-state index contributed by atoms with van der Waals surface area (Å²) in [7, 11) is 0. The summed E-state index contributed by atoms with van der Waals surface area (Å²) in [6.45, 7) is 3.14. The van der Waals surface area contributed by atoms with Gasteiger partial charge in [-0.2, -0.15) is 0 Å². The van der Waals surface area contributed by atoms with Crippen molar-refractivity contribution in [1.29, 1.82) is 0 Å². The number of aryl methyl sites for hydroxylation is 1. The Balaban J connectivity index is 1.76. The number of benzene rings is 1. The third-order valence-corrected chi connectivity index (χ3v) is 4.71. The highest BCUT2D eigenvalue weighted by molar-refractivity contribution is 5.38. The molecular formula is C17H25NO2. The van der Waals surface area contributed by atoms with E-state index in [1.165, 1.54) is 30.4 Å². The van der Waals surface area contributed by atoms with E-state index in [1.807, 2.05) is 6.07 Å². The van der Waals surface area contributed by atoms with E-state index in [2.05, 4.69) is 18.3 Å². The lowest BCUT2D eigenvalue weighted by molar-refractivity contribution is 0.0717. The van der Waals surface area contributed by atoms with Crippen LogP contribution in [0, 0.1) is 0 Å². The summed E-state index contributed by atoms with van der Waals surface area (Å²) < 4.78 is 5.85. The summed E-state index contributed by atoms with van der Waals surface area (Å²) in [6, 6.07) is 6.61. The topological polar surface area (TPSA) is 41.5 Å². The van der Waals surface area contributed by atoms with Gasteiger partial charge in [-0.1, -0.05) is 13.0 Å². The molecule has 1 aromatic carbocycles. The molecule has 1 saturated heterocycles. The van der Waals surface area contributed by atoms with Gasteiger partial charge in [0.25, 0.3) is 0 Å². The van der Waals surface area contributed by atoms with Crippen LogP contribution in [0.2, 0.25) is 0 Å². The van der Waals surface area contributed by atoms with Gasteiger partial charge in [0.1, 0.15) is 5.75 Å². The average molecular weight is 275 g/mol. The van der Waals surface area contributed by atoms with Crippen LogP contribution in [0.3, 0.4) is 0 Å². The van der Waals surface area contributed by atoms with Crippen molar-refractivity contribution in [3.05, 3.63) is 29.3 Å². The molecule has 2 N–H and O–H groups in total. The van der Waals surface area contributed by atoms with Gasteiger partial charge in [-0.05, 0) is 61.8 Å². The van der Waals surface area contributed by atoms with Gasteiger partial charge in [-0.15, -0.1) is 0 Å². The normalized spacial score (nSPS) is 27.2. The van der Waals surface area contributed by atoms with E-state index in [0.29, 0.717) is 23.9 Å². The lowest BCUT2D eigenvalue weighted by Gasteiger charge is -2.32. The zero-order valence-corrected chi connectivity index (χ0v) is 12.3. The Morgan fingerprint density at radius 3 is 3.00 bits per heavy atom. The highest BCUT2D eigenvalue weighted by Crippen LogP contribution is 2.33. The van der Waals surface area contributed by atoms with Crippen LogP contribution in [0.5, 0.6) is 5.75 Å². The second-order valence-electron chi connectivity index (χ2n) is 6.06. The molecule has 2 aliphatic rings. The SMILES string of the molecule is CC[C@H](N[C@@H]1CCCc2ccc(O)cc21)[C@H]1CCCO1. The molecular weight excluding hydrogens is 250 g/mol. The molecule has 3 heteroatoms. The maximum Gasteiger partial charge on any atom is 0.115 e. The molecule has 1 aliphatic carbocycles. The van der Waals surface area contributed by atoms with E-state index in [1.54, 1.807) is 6.07 Å². The van der Waals surface area contributed by atoms with Gasteiger partial charge >= 0.3 is 0 Å². The van der Waals surface area contributed by atoms with Crippen molar-refractivity contribution in [2.45, 2.75) is 63.6 Å². The van der Waals surface area contributed by atoms with Crippen LogP contribution in [0.25, 0.3) is 0 Å². The van der Waals surface area contributed by atoms with Crippen LogP contribution in [0.15, 0.2) is 18.2 Å². The molecule has 0 spiro atoms. The molecule has 0 aromatic heterocycles. The predicted molar refractivity (Wildman–Crippen MR) is 80.0 cm³/mol. The van der Waals surface area contributed by atoms with Crippen molar-refractivity contribution < 1.29 is 9.84 Å². The minimum atomic E-state index is 0.361. The van der Waals surface area contributed by atoms with Crippen molar-refractivity contribution >= 4 is 0 Å². The first kappa shape index (κ1) is 13.9. The Morgan fingerprint density at radius 2 is 2.25 bits per heavy atom. The van der Waals surface area contributed by atoms with E-state index < -0.39 is 0 Å². The van der Waals surface area contributed by atoms with Gasteiger partial charge in [0.05, 0.1) is 6.10 Å². The van der Waals surface area contributed by atoms with Crippen molar-refractivity contribution in [3.8, 4) is 5.75 Å². The average Bonchev–Trinajstić information content (AvgIpc) is 2.99. The van der Waals surface area contributed by atoms with E-state index in [4.69, 9.17) is 4.74 Å². The van der Waals surface area contributed by atoms with Crippen LogP contribution >= 0.6 is 0 Å². The highest BCUT2D eigenvalue weighted by atomic mass is 16.5. The van der Waals surface area contributed by atoms with E-state index in [0.717, 1.165) is 25.9 Å². The first-order valence-electron chi connectivity index (χ1n) is 7.97. The number of aromatic hydroxyl groups is 1. The zero-order chi connectivity index (χ0) is 13.9. The zero-order valence-electron chi connectivity index (χ0n) is 12.3. The van der Waals surface area contributed by atoms with Gasteiger partial charge < -0.3 is 15.2 Å². The Labute approximate surface area is 121 Å². The molecule has 20 heavy (non-hydrogen) atoms. The van der Waals surface area contributed by atoms with Gasteiger partial charge in [-0.25, -0.2) is 0 Å². The van der Waals surface area contributed by atoms with Gasteiger partial charge in [0, 0.05) is 18.7 Å². The summed E-state index contributed by atoms with van der Waals surface area (Å²) >= 11 is 0. The Hall–Kier alpha value is -1.06. The quantitative estimate of drug-likeness (QED) is 0.885. The van der Waals surface area contributed by atoms with Crippen LogP contribution in [0.1, 0.15) is 56.2 Å². The first-order valence-corrected chi connectivity index (χ1v) is 7.97. The number of phenolic OH excluding ortho intramolecular Hbond substituents is 1. The van der Waals surface area contributed by atoms with Crippen molar-refractivity contribution in [1.82, 2.24) is 5.32 Å². The fraction of sp³-hybridized carbons (Fsp3) is 0.647. The molecule has 0 saturated carbocycles. The predicted octanol–water partition coefficient (Wildman–Crippen LogP) is 3.32. The van der Waals surface area contributed by atoms with Crippen LogP contribution < -0.4 is 5.32 Å². The lowest BCUT2D eigenvalue weighted by atomic mass is 9.86. The standard InChI is InChI=1S/C17H25NO2/c1-2-15(17-7-4-10-20-17)18-16-6-3-5-12-8-9-13(19)11-14(12)16/h8-9,11,15-19H,2-7,10H2,1H3/t15-,16+,17+/m0/s1. The molecule has 0 amide bonds. The minimum absolute atomic E-state index is 0.361. The largest absolute Gasteiger partial charge is 0.508 e. The molecule has 110 valence electrons. The number of fused-ring (bicyclic) bond motifs is 1. The van der Waals surface area contributed by atoms with Crippen molar-refractivity contribution in [2.24, 2.45) is 0 Å². The molecule has 0 bridgehead atoms. The number of rotatable bonds is 4. The summed E-state index contributed by atoms with van der Waals surface area (Å²) in [6.07, 6.45) is 7.31. The third-order valence-electron chi connectivity index (χ3n) is 4.71. The summed E-state index contributed by atoms with van der Waals surface area (Å²) in [4.78, 5) is 0. The Kier molecular flexibility index (Phi) is 4.27. The molecule has 1 heterocycles. The fourth-order valence-corrected chi connectivity index (χ4v) is 3.63. The fourth-order valence-electron chi connectivity index (χ4n) is 3.63. The van der Waals surface area contributed by atoms with Gasteiger partial charge in [0.15, 0.2) is 0 Å². The van der Waals surface area contributed by atoms with Gasteiger partial charge in [-0.3, -0.25) is 0 Å². The molecule has 0 unspecified atom stereocenters. The van der Waals surface area contributed by atoms with E-state index in [-0.39, 0.29) is 0 Å². The molecule has 3 rings (SSSR count). The van der Waals surface area contributed by atoms with Crippen molar-refractivity contribution in [3.63, 3.8) is 0 Å². The Morgan fingerprint density at radius 1 is 1.35 bits per heavy atom. The van der Waals surface area contributed by atoms with E-state index in [9.17, 15) is 5.11 Å². The smallest absolute Gasteiger partial charge is 0.115 e. The van der Waals surface area contributed by atoms with Crippen LogP contribution in [0.4, 0.5) is 0 Å². The number of nitrogens with one attached hydrogen (secondary N) is 1. The van der Waals surface area contributed by atoms with E-state index >= 15 is 0 Å². The van der Waals surface area contributed by atoms with Gasteiger partial charge in [0.2, 0.25) is 0 Å². The molecule has 0 radical (unpaired) electrons. The second kappa shape index (κ2) is 6.15. The maximum atomic E-state index is 9.76. The lowest BCUT2D eigenvalue weighted by Crippen LogP contribution is -2.42.